The lowest BCUT2D eigenvalue weighted by atomic mass is 9.97. The van der Waals surface area contributed by atoms with Crippen LogP contribution in [0.2, 0.25) is 0 Å². The minimum absolute atomic E-state index is 0.0223. The van der Waals surface area contributed by atoms with Crippen molar-refractivity contribution in [1.29, 1.82) is 0 Å². The second-order valence-corrected chi connectivity index (χ2v) is 8.11. The summed E-state index contributed by atoms with van der Waals surface area (Å²) in [5.74, 6) is 0. The Morgan fingerprint density at radius 3 is 2.48 bits per heavy atom. The van der Waals surface area contributed by atoms with Crippen molar-refractivity contribution in [3.63, 3.8) is 0 Å². The van der Waals surface area contributed by atoms with Gasteiger partial charge in [0.2, 0.25) is 0 Å². The Balaban J connectivity index is 2.26. The summed E-state index contributed by atoms with van der Waals surface area (Å²) in [7, 11) is -2.53. The van der Waals surface area contributed by atoms with Crippen molar-refractivity contribution in [2.45, 2.75) is 55.9 Å². The van der Waals surface area contributed by atoms with E-state index in [0.29, 0.717) is 0 Å². The highest BCUT2D eigenvalue weighted by Crippen LogP contribution is 2.29. The van der Waals surface area contributed by atoms with Gasteiger partial charge in [0.05, 0.1) is 10.9 Å². The zero-order valence-electron chi connectivity index (χ0n) is 14.2. The first-order valence-electron chi connectivity index (χ1n) is 8.17. The summed E-state index contributed by atoms with van der Waals surface area (Å²) in [4.78, 5) is 5.75. The van der Waals surface area contributed by atoms with Gasteiger partial charge in [-0.3, -0.25) is 0 Å². The van der Waals surface area contributed by atoms with Crippen molar-refractivity contribution < 1.29 is 26.4 Å². The summed E-state index contributed by atoms with van der Waals surface area (Å²) in [5.41, 5.74) is 0. The maximum Gasteiger partial charge on any atom is 0.540 e. The van der Waals surface area contributed by atoms with E-state index in [1.807, 2.05) is 7.05 Å². The summed E-state index contributed by atoms with van der Waals surface area (Å²) in [5, 5.41) is 0. The van der Waals surface area contributed by atoms with Crippen LogP contribution in [0, 0.1) is 0 Å². The predicted molar refractivity (Wildman–Crippen MR) is 87.0 cm³/mol. The normalized spacial score (nSPS) is 21.4. The van der Waals surface area contributed by atoms with Gasteiger partial charge in [0.25, 0.3) is 10.0 Å². The van der Waals surface area contributed by atoms with E-state index in [2.05, 4.69) is 9.74 Å². The molecule has 1 heterocycles. The largest absolute Gasteiger partial charge is 0.540 e. The summed E-state index contributed by atoms with van der Waals surface area (Å²) >= 11 is 0. The molecule has 0 amide bonds. The number of likely N-dealkylation sites (tertiary alicyclic amines) is 1. The molecule has 0 saturated carbocycles. The molecule has 5 nitrogen and oxygen atoms in total. The van der Waals surface area contributed by atoms with E-state index in [1.165, 1.54) is 31.2 Å². The Hall–Kier alpha value is -1.16. The number of benzene rings is 1. The molecule has 1 aliphatic heterocycles. The predicted octanol–water partition coefficient (Wildman–Crippen LogP) is 3.39. The van der Waals surface area contributed by atoms with Crippen molar-refractivity contribution in [2.75, 3.05) is 13.6 Å². The van der Waals surface area contributed by atoms with Crippen LogP contribution < -0.4 is 0 Å². The third-order valence-electron chi connectivity index (χ3n) is 4.37. The van der Waals surface area contributed by atoms with E-state index < -0.39 is 22.4 Å². The maximum absolute atomic E-state index is 12.8. The van der Waals surface area contributed by atoms with Crippen LogP contribution in [0.4, 0.5) is 13.2 Å². The van der Waals surface area contributed by atoms with Crippen LogP contribution in [0.25, 0.3) is 0 Å². The van der Waals surface area contributed by atoms with Gasteiger partial charge in [-0.2, -0.15) is 4.84 Å². The fourth-order valence-corrected chi connectivity index (χ4v) is 4.55. The first-order chi connectivity index (χ1) is 11.6. The van der Waals surface area contributed by atoms with Gasteiger partial charge in [-0.15, -0.1) is 13.2 Å². The number of hydroxylamine groups is 1. The third-order valence-corrected chi connectivity index (χ3v) is 6.14. The molecule has 0 bridgehead atoms. The molecule has 1 aromatic carbocycles. The molecule has 0 radical (unpaired) electrons. The Morgan fingerprint density at radius 2 is 1.92 bits per heavy atom. The quantitative estimate of drug-likeness (QED) is 0.710. The molecule has 0 aromatic heterocycles. The molecule has 2 rings (SSSR count). The standard InChI is InChI=1S/C16H23F3N2O3S/c1-13(12-14-8-6-7-11-20(14)2)21(24-16(17,18)19)25(22,23)15-9-4-3-5-10-15/h3-5,9-10,13-14H,6-8,11-12H2,1-2H3. The van der Waals surface area contributed by atoms with Gasteiger partial charge in [-0.25, -0.2) is 8.42 Å². The molecule has 1 saturated heterocycles. The molecule has 2 atom stereocenters. The molecule has 2 unspecified atom stereocenters. The maximum atomic E-state index is 12.8. The lowest BCUT2D eigenvalue weighted by Crippen LogP contribution is -2.46. The van der Waals surface area contributed by atoms with Crippen LogP contribution in [0.1, 0.15) is 32.6 Å². The molecule has 25 heavy (non-hydrogen) atoms. The van der Waals surface area contributed by atoms with Crippen LogP contribution in [-0.2, 0) is 14.9 Å². The molecular weight excluding hydrogens is 357 g/mol. The number of nitrogens with zero attached hydrogens (tertiary/aromatic N) is 2. The van der Waals surface area contributed by atoms with Gasteiger partial charge < -0.3 is 4.90 Å². The summed E-state index contributed by atoms with van der Waals surface area (Å²) in [6.07, 6.45) is -1.99. The van der Waals surface area contributed by atoms with Gasteiger partial charge in [0, 0.05) is 6.04 Å². The number of sulfonamides is 1. The van der Waals surface area contributed by atoms with Crippen molar-refractivity contribution >= 4 is 10.0 Å². The number of piperidine rings is 1. The van der Waals surface area contributed by atoms with Gasteiger partial charge in [-0.1, -0.05) is 29.1 Å². The number of alkyl halides is 3. The van der Waals surface area contributed by atoms with Crippen LogP contribution in [0.3, 0.4) is 0 Å². The van der Waals surface area contributed by atoms with Crippen molar-refractivity contribution in [3.05, 3.63) is 30.3 Å². The first-order valence-corrected chi connectivity index (χ1v) is 9.61. The van der Waals surface area contributed by atoms with E-state index in [0.717, 1.165) is 25.8 Å². The van der Waals surface area contributed by atoms with Crippen LogP contribution in [0.5, 0.6) is 0 Å². The minimum Gasteiger partial charge on any atom is -0.303 e. The molecule has 1 aromatic rings. The van der Waals surface area contributed by atoms with Gasteiger partial charge in [0.15, 0.2) is 0 Å². The topological polar surface area (TPSA) is 49.9 Å². The fraction of sp³-hybridized carbons (Fsp3) is 0.625. The zero-order chi connectivity index (χ0) is 18.7. The monoisotopic (exact) mass is 380 g/mol. The molecule has 0 aliphatic carbocycles. The van der Waals surface area contributed by atoms with Crippen molar-refractivity contribution in [1.82, 2.24) is 9.37 Å². The number of hydrogen-bond donors (Lipinski definition) is 0. The van der Waals surface area contributed by atoms with E-state index in [1.54, 1.807) is 6.07 Å². The minimum atomic E-state index is -5.09. The molecule has 9 heteroatoms. The molecule has 1 fully saturated rings. The van der Waals surface area contributed by atoms with Crippen LogP contribution in [0.15, 0.2) is 35.2 Å². The number of halogens is 3. The van der Waals surface area contributed by atoms with Gasteiger partial charge in [0.1, 0.15) is 0 Å². The second kappa shape index (κ2) is 8.03. The molecular formula is C16H23F3N2O3S. The Bertz CT molecular complexity index is 652. The molecule has 0 N–H and O–H groups in total. The first kappa shape index (κ1) is 20.2. The summed E-state index contributed by atoms with van der Waals surface area (Å²) in [6, 6.07) is 6.07. The molecule has 0 spiro atoms. The zero-order valence-corrected chi connectivity index (χ0v) is 15.1. The van der Waals surface area contributed by atoms with E-state index >= 15 is 0 Å². The Labute approximate surface area is 146 Å². The summed E-state index contributed by atoms with van der Waals surface area (Å²) in [6.45, 7) is 2.29. The highest BCUT2D eigenvalue weighted by Gasteiger charge is 2.42. The summed E-state index contributed by atoms with van der Waals surface area (Å²) < 4.78 is 63.9. The van der Waals surface area contributed by atoms with Crippen molar-refractivity contribution in [2.24, 2.45) is 0 Å². The average Bonchev–Trinajstić information content (AvgIpc) is 2.54. The average molecular weight is 380 g/mol. The lowest BCUT2D eigenvalue weighted by molar-refractivity contribution is -0.396. The van der Waals surface area contributed by atoms with E-state index in [9.17, 15) is 21.6 Å². The van der Waals surface area contributed by atoms with Gasteiger partial charge >= 0.3 is 6.36 Å². The van der Waals surface area contributed by atoms with Crippen LogP contribution in [-0.4, -0.2) is 49.8 Å². The van der Waals surface area contributed by atoms with E-state index in [-0.39, 0.29) is 21.8 Å². The van der Waals surface area contributed by atoms with Gasteiger partial charge in [-0.05, 0) is 51.9 Å². The second-order valence-electron chi connectivity index (χ2n) is 6.33. The highest BCUT2D eigenvalue weighted by atomic mass is 32.2. The number of hydrogen-bond acceptors (Lipinski definition) is 4. The van der Waals surface area contributed by atoms with E-state index in [4.69, 9.17) is 0 Å². The Morgan fingerprint density at radius 1 is 1.28 bits per heavy atom. The third kappa shape index (κ3) is 5.40. The fourth-order valence-electron chi connectivity index (χ4n) is 3.10. The molecule has 1 aliphatic rings. The Kier molecular flexibility index (Phi) is 6.47. The van der Waals surface area contributed by atoms with Crippen molar-refractivity contribution in [3.8, 4) is 0 Å². The smallest absolute Gasteiger partial charge is 0.303 e. The number of rotatable bonds is 6. The SMILES string of the molecule is CC(CC1CCCCN1C)N(OC(F)(F)F)S(=O)(=O)c1ccccc1. The molecule has 142 valence electrons. The highest BCUT2D eigenvalue weighted by molar-refractivity contribution is 7.89. The van der Waals surface area contributed by atoms with Crippen LogP contribution >= 0.6 is 0 Å². The lowest BCUT2D eigenvalue weighted by Gasteiger charge is -2.36.